The lowest BCUT2D eigenvalue weighted by atomic mass is 10.00. The van der Waals surface area contributed by atoms with Crippen LogP contribution in [0, 0.1) is 6.92 Å². The molecule has 0 unspecified atom stereocenters. The van der Waals surface area contributed by atoms with Gasteiger partial charge in [0.25, 0.3) is 0 Å². The zero-order valence-corrected chi connectivity index (χ0v) is 16.6. The molecule has 0 saturated carbocycles. The molecule has 0 aliphatic carbocycles. The molecule has 5 heteroatoms. The van der Waals surface area contributed by atoms with Crippen LogP contribution in [0.1, 0.15) is 22.3 Å². The summed E-state index contributed by atoms with van der Waals surface area (Å²) in [7, 11) is 0. The van der Waals surface area contributed by atoms with Crippen LogP contribution in [0.2, 0.25) is 0 Å². The van der Waals surface area contributed by atoms with Gasteiger partial charge < -0.3 is 14.9 Å². The van der Waals surface area contributed by atoms with E-state index in [1.54, 1.807) is 4.90 Å². The van der Waals surface area contributed by atoms with Crippen molar-refractivity contribution >= 4 is 6.03 Å². The van der Waals surface area contributed by atoms with Crippen molar-refractivity contribution < 1.29 is 9.90 Å². The standard InChI is InChI=1S/C23H29N3O2/c1-18-6-2-3-8-20(18)15-25-12-13-26(23(25)28)17-22(27)16-24-11-10-19-7-4-5-9-21(19)14-24/h2-9,22,27H,10-17H2,1H3/t22-/m0/s1. The van der Waals surface area contributed by atoms with E-state index in [0.29, 0.717) is 26.2 Å². The van der Waals surface area contributed by atoms with E-state index in [1.165, 1.54) is 22.3 Å². The summed E-state index contributed by atoms with van der Waals surface area (Å²) in [6, 6.07) is 16.7. The number of carbonyl (C=O) groups is 1. The van der Waals surface area contributed by atoms with E-state index < -0.39 is 6.10 Å². The van der Waals surface area contributed by atoms with Gasteiger partial charge in [-0.15, -0.1) is 0 Å². The van der Waals surface area contributed by atoms with Crippen LogP contribution in [0.4, 0.5) is 4.79 Å². The SMILES string of the molecule is Cc1ccccc1CN1CCN(C[C@@H](O)CN2CCc3ccccc3C2)C1=O. The molecule has 1 N–H and O–H groups in total. The van der Waals surface area contributed by atoms with Crippen molar-refractivity contribution in [2.45, 2.75) is 32.5 Å². The largest absolute Gasteiger partial charge is 0.390 e. The maximum absolute atomic E-state index is 12.7. The third-order valence-electron chi connectivity index (χ3n) is 5.91. The van der Waals surface area contributed by atoms with Gasteiger partial charge in [0, 0.05) is 45.8 Å². The monoisotopic (exact) mass is 379 g/mol. The lowest BCUT2D eigenvalue weighted by molar-refractivity contribution is 0.0812. The van der Waals surface area contributed by atoms with Gasteiger partial charge >= 0.3 is 6.03 Å². The zero-order chi connectivity index (χ0) is 19.5. The maximum atomic E-state index is 12.7. The minimum atomic E-state index is -0.521. The van der Waals surface area contributed by atoms with Crippen LogP contribution in [-0.2, 0) is 19.5 Å². The van der Waals surface area contributed by atoms with Gasteiger partial charge in [0.15, 0.2) is 0 Å². The molecule has 2 aliphatic rings. The third-order valence-corrected chi connectivity index (χ3v) is 5.91. The zero-order valence-electron chi connectivity index (χ0n) is 16.6. The summed E-state index contributed by atoms with van der Waals surface area (Å²) in [4.78, 5) is 18.7. The van der Waals surface area contributed by atoms with Crippen molar-refractivity contribution in [1.82, 2.24) is 14.7 Å². The molecular weight excluding hydrogens is 350 g/mol. The van der Waals surface area contributed by atoms with Crippen LogP contribution in [0.15, 0.2) is 48.5 Å². The summed E-state index contributed by atoms with van der Waals surface area (Å²) >= 11 is 0. The Kier molecular flexibility index (Phi) is 5.64. The highest BCUT2D eigenvalue weighted by atomic mass is 16.3. The molecule has 2 heterocycles. The Labute approximate surface area is 167 Å². The van der Waals surface area contributed by atoms with Gasteiger partial charge in [-0.1, -0.05) is 48.5 Å². The molecule has 0 aromatic heterocycles. The van der Waals surface area contributed by atoms with Gasteiger partial charge in [0.1, 0.15) is 0 Å². The Morgan fingerprint density at radius 2 is 1.64 bits per heavy atom. The highest BCUT2D eigenvalue weighted by molar-refractivity contribution is 5.76. The first-order valence-corrected chi connectivity index (χ1v) is 10.2. The van der Waals surface area contributed by atoms with E-state index in [0.717, 1.165) is 26.1 Å². The van der Waals surface area contributed by atoms with Crippen LogP contribution in [0.25, 0.3) is 0 Å². The number of benzene rings is 2. The number of fused-ring (bicyclic) bond motifs is 1. The molecule has 148 valence electrons. The quantitative estimate of drug-likeness (QED) is 0.839. The summed E-state index contributed by atoms with van der Waals surface area (Å²) in [5.74, 6) is 0. The minimum Gasteiger partial charge on any atom is -0.390 e. The van der Waals surface area contributed by atoms with Gasteiger partial charge in [0.2, 0.25) is 0 Å². The number of carbonyl (C=O) groups excluding carboxylic acids is 1. The fourth-order valence-electron chi connectivity index (χ4n) is 4.26. The van der Waals surface area contributed by atoms with Crippen LogP contribution in [0.5, 0.6) is 0 Å². The van der Waals surface area contributed by atoms with Gasteiger partial charge in [0.05, 0.1) is 6.10 Å². The van der Waals surface area contributed by atoms with Gasteiger partial charge in [-0.3, -0.25) is 4.90 Å². The summed E-state index contributed by atoms with van der Waals surface area (Å²) in [6.07, 6.45) is 0.503. The minimum absolute atomic E-state index is 0.0336. The number of amides is 2. The second-order valence-corrected chi connectivity index (χ2v) is 7.98. The Morgan fingerprint density at radius 1 is 0.929 bits per heavy atom. The first-order chi connectivity index (χ1) is 13.6. The van der Waals surface area contributed by atoms with Crippen molar-refractivity contribution in [3.63, 3.8) is 0 Å². The fourth-order valence-corrected chi connectivity index (χ4v) is 4.26. The molecule has 0 bridgehead atoms. The molecule has 2 aliphatic heterocycles. The molecule has 1 saturated heterocycles. The number of β-amino-alcohol motifs (C(OH)–C–C–N with tert-alkyl or cyclic N) is 1. The fraction of sp³-hybridized carbons (Fsp3) is 0.435. The number of rotatable bonds is 6. The van der Waals surface area contributed by atoms with E-state index in [9.17, 15) is 9.90 Å². The predicted octanol–water partition coefficient (Wildman–Crippen LogP) is 2.65. The molecule has 5 nitrogen and oxygen atoms in total. The first kappa shape index (κ1) is 19.0. The van der Waals surface area contributed by atoms with Crippen molar-refractivity contribution in [3.8, 4) is 0 Å². The van der Waals surface area contributed by atoms with E-state index >= 15 is 0 Å². The Morgan fingerprint density at radius 3 is 2.46 bits per heavy atom. The number of aliphatic hydroxyl groups is 1. The number of aliphatic hydroxyl groups excluding tert-OH is 1. The summed E-state index contributed by atoms with van der Waals surface area (Å²) in [6.45, 7) is 6.97. The summed E-state index contributed by atoms with van der Waals surface area (Å²) in [5.41, 5.74) is 5.15. The molecule has 2 aromatic carbocycles. The smallest absolute Gasteiger partial charge is 0.320 e. The molecule has 2 amide bonds. The Hall–Kier alpha value is -2.37. The second-order valence-electron chi connectivity index (χ2n) is 7.98. The topological polar surface area (TPSA) is 47.0 Å². The van der Waals surface area contributed by atoms with Crippen molar-refractivity contribution in [3.05, 3.63) is 70.8 Å². The number of urea groups is 1. The molecule has 1 atom stereocenters. The first-order valence-electron chi connectivity index (χ1n) is 10.2. The number of hydrogen-bond acceptors (Lipinski definition) is 3. The van der Waals surface area contributed by atoms with E-state index in [2.05, 4.69) is 48.2 Å². The summed E-state index contributed by atoms with van der Waals surface area (Å²) < 4.78 is 0. The van der Waals surface area contributed by atoms with Crippen molar-refractivity contribution in [2.75, 3.05) is 32.7 Å². The van der Waals surface area contributed by atoms with Crippen LogP contribution < -0.4 is 0 Å². The molecule has 28 heavy (non-hydrogen) atoms. The molecule has 0 spiro atoms. The average molecular weight is 380 g/mol. The number of nitrogens with zero attached hydrogens (tertiary/aromatic N) is 3. The van der Waals surface area contributed by atoms with Crippen molar-refractivity contribution in [1.29, 1.82) is 0 Å². The lowest BCUT2D eigenvalue weighted by Gasteiger charge is -2.31. The molecule has 4 rings (SSSR count). The number of hydrogen-bond donors (Lipinski definition) is 1. The van der Waals surface area contributed by atoms with Crippen LogP contribution in [0.3, 0.4) is 0 Å². The van der Waals surface area contributed by atoms with E-state index in [4.69, 9.17) is 0 Å². The van der Waals surface area contributed by atoms with Gasteiger partial charge in [-0.05, 0) is 35.6 Å². The van der Waals surface area contributed by atoms with Crippen molar-refractivity contribution in [2.24, 2.45) is 0 Å². The van der Waals surface area contributed by atoms with E-state index in [1.807, 2.05) is 17.0 Å². The predicted molar refractivity (Wildman–Crippen MR) is 110 cm³/mol. The van der Waals surface area contributed by atoms with Crippen LogP contribution >= 0.6 is 0 Å². The summed E-state index contributed by atoms with van der Waals surface area (Å²) in [5, 5.41) is 10.6. The van der Waals surface area contributed by atoms with E-state index in [-0.39, 0.29) is 6.03 Å². The lowest BCUT2D eigenvalue weighted by Crippen LogP contribution is -2.43. The molecule has 0 radical (unpaired) electrons. The Balaban J connectivity index is 1.29. The molecular formula is C23H29N3O2. The van der Waals surface area contributed by atoms with Gasteiger partial charge in [-0.25, -0.2) is 4.79 Å². The highest BCUT2D eigenvalue weighted by Gasteiger charge is 2.30. The second kappa shape index (κ2) is 8.33. The normalized spacial score (nSPS) is 18.4. The third kappa shape index (κ3) is 4.21. The highest BCUT2D eigenvalue weighted by Crippen LogP contribution is 2.20. The van der Waals surface area contributed by atoms with Gasteiger partial charge in [-0.2, -0.15) is 0 Å². The molecule has 2 aromatic rings. The average Bonchev–Trinajstić information content (AvgIpc) is 3.03. The molecule has 1 fully saturated rings. The maximum Gasteiger partial charge on any atom is 0.320 e. The number of aryl methyl sites for hydroxylation is 1. The Bertz CT molecular complexity index is 838. The van der Waals surface area contributed by atoms with Crippen LogP contribution in [-0.4, -0.2) is 64.7 Å².